The normalized spacial score (nSPS) is 24.4. The van der Waals surface area contributed by atoms with Gasteiger partial charge in [-0.3, -0.25) is 0 Å². The highest BCUT2D eigenvalue weighted by Gasteiger charge is 2.21. The lowest BCUT2D eigenvalue weighted by molar-refractivity contribution is 0.379. The van der Waals surface area contributed by atoms with Gasteiger partial charge >= 0.3 is 6.01 Å². The molecule has 1 heterocycles. The summed E-state index contributed by atoms with van der Waals surface area (Å²) in [6.45, 7) is 2.29. The fraction of sp³-hybridized carbons (Fsp3) is 0.692. The van der Waals surface area contributed by atoms with Gasteiger partial charge in [0.05, 0.1) is 13.3 Å². The lowest BCUT2D eigenvalue weighted by atomic mass is 9.97. The standard InChI is InChI=1S/C13H20ClN3O/c1-9-6-4-3-5-7-11(9)16-12-10(14)8-15-13(17-12)18-2/h8-9,11H,3-7H2,1-2H3,(H,15,16,17). The number of hydrogen-bond donors (Lipinski definition) is 1. The van der Waals surface area contributed by atoms with Crippen molar-refractivity contribution in [2.24, 2.45) is 5.92 Å². The van der Waals surface area contributed by atoms with Gasteiger partial charge in [0, 0.05) is 6.04 Å². The van der Waals surface area contributed by atoms with E-state index >= 15 is 0 Å². The number of rotatable bonds is 3. The molecular weight excluding hydrogens is 250 g/mol. The van der Waals surface area contributed by atoms with Crippen LogP contribution in [0.25, 0.3) is 0 Å². The van der Waals surface area contributed by atoms with Crippen LogP contribution in [0.15, 0.2) is 6.20 Å². The van der Waals surface area contributed by atoms with E-state index in [2.05, 4.69) is 22.2 Å². The van der Waals surface area contributed by atoms with E-state index in [0.29, 0.717) is 28.8 Å². The van der Waals surface area contributed by atoms with Crippen LogP contribution >= 0.6 is 11.6 Å². The minimum atomic E-state index is 0.350. The van der Waals surface area contributed by atoms with E-state index in [4.69, 9.17) is 16.3 Å². The van der Waals surface area contributed by atoms with E-state index in [0.717, 1.165) is 0 Å². The van der Waals surface area contributed by atoms with Crippen LogP contribution in [0.5, 0.6) is 6.01 Å². The third-order valence-corrected chi connectivity index (χ3v) is 3.86. The molecule has 1 fully saturated rings. The van der Waals surface area contributed by atoms with E-state index in [-0.39, 0.29) is 0 Å². The monoisotopic (exact) mass is 269 g/mol. The van der Waals surface area contributed by atoms with Gasteiger partial charge in [-0.2, -0.15) is 4.98 Å². The zero-order chi connectivity index (χ0) is 13.0. The minimum Gasteiger partial charge on any atom is -0.467 e. The Morgan fingerprint density at radius 2 is 2.11 bits per heavy atom. The molecule has 18 heavy (non-hydrogen) atoms. The van der Waals surface area contributed by atoms with Crippen molar-refractivity contribution in [2.45, 2.75) is 45.1 Å². The highest BCUT2D eigenvalue weighted by Crippen LogP contribution is 2.28. The highest BCUT2D eigenvalue weighted by molar-refractivity contribution is 6.32. The molecule has 1 N–H and O–H groups in total. The van der Waals surface area contributed by atoms with E-state index in [1.807, 2.05) is 0 Å². The largest absolute Gasteiger partial charge is 0.467 e. The van der Waals surface area contributed by atoms with Gasteiger partial charge in [-0.15, -0.1) is 0 Å². The Morgan fingerprint density at radius 1 is 1.33 bits per heavy atom. The SMILES string of the molecule is COc1ncc(Cl)c(NC2CCCCCC2C)n1. The summed E-state index contributed by atoms with van der Waals surface area (Å²) in [4.78, 5) is 8.26. The minimum absolute atomic E-state index is 0.350. The van der Waals surface area contributed by atoms with Crippen LogP contribution in [0.1, 0.15) is 39.0 Å². The summed E-state index contributed by atoms with van der Waals surface area (Å²) >= 11 is 6.12. The Balaban J connectivity index is 2.11. The first-order valence-corrected chi connectivity index (χ1v) is 6.91. The zero-order valence-electron chi connectivity index (χ0n) is 10.9. The first-order valence-electron chi connectivity index (χ1n) is 6.53. The third-order valence-electron chi connectivity index (χ3n) is 3.59. The van der Waals surface area contributed by atoms with Crippen molar-refractivity contribution in [2.75, 3.05) is 12.4 Å². The van der Waals surface area contributed by atoms with Crippen molar-refractivity contribution in [3.63, 3.8) is 0 Å². The number of ether oxygens (including phenoxy) is 1. The van der Waals surface area contributed by atoms with Gasteiger partial charge in [-0.05, 0) is 18.8 Å². The van der Waals surface area contributed by atoms with Crippen molar-refractivity contribution in [3.05, 3.63) is 11.2 Å². The average Bonchev–Trinajstić information content (AvgIpc) is 2.58. The molecule has 0 saturated heterocycles. The highest BCUT2D eigenvalue weighted by atomic mass is 35.5. The molecule has 1 aliphatic carbocycles. The number of nitrogens with zero attached hydrogens (tertiary/aromatic N) is 2. The van der Waals surface area contributed by atoms with Crippen LogP contribution < -0.4 is 10.1 Å². The Hall–Kier alpha value is -1.03. The van der Waals surface area contributed by atoms with Crippen LogP contribution in [0.4, 0.5) is 5.82 Å². The maximum Gasteiger partial charge on any atom is 0.318 e. The number of nitrogens with one attached hydrogen (secondary N) is 1. The predicted octanol–water partition coefficient (Wildman–Crippen LogP) is 3.52. The molecule has 0 radical (unpaired) electrons. The fourth-order valence-corrected chi connectivity index (χ4v) is 2.58. The summed E-state index contributed by atoms with van der Waals surface area (Å²) in [6.07, 6.45) is 7.92. The van der Waals surface area contributed by atoms with Crippen LogP contribution in [0.2, 0.25) is 5.02 Å². The van der Waals surface area contributed by atoms with Crippen molar-refractivity contribution in [1.82, 2.24) is 9.97 Å². The average molecular weight is 270 g/mol. The van der Waals surface area contributed by atoms with Crippen LogP contribution in [0, 0.1) is 5.92 Å². The second-order valence-corrected chi connectivity index (χ2v) is 5.33. The maximum atomic E-state index is 6.12. The number of halogens is 1. The first kappa shape index (κ1) is 13.4. The van der Waals surface area contributed by atoms with Gasteiger partial charge in [0.2, 0.25) is 0 Å². The number of anilines is 1. The number of methoxy groups -OCH3 is 1. The smallest absolute Gasteiger partial charge is 0.318 e. The van der Waals surface area contributed by atoms with Crippen LogP contribution in [0.3, 0.4) is 0 Å². The molecule has 2 atom stereocenters. The summed E-state index contributed by atoms with van der Waals surface area (Å²) in [5, 5.41) is 4.00. The lowest BCUT2D eigenvalue weighted by Crippen LogP contribution is -2.27. The second kappa shape index (κ2) is 6.23. The first-order chi connectivity index (χ1) is 8.70. The molecule has 0 spiro atoms. The molecule has 4 nitrogen and oxygen atoms in total. The lowest BCUT2D eigenvalue weighted by Gasteiger charge is -2.23. The van der Waals surface area contributed by atoms with Gasteiger partial charge in [-0.25, -0.2) is 4.98 Å². The Kier molecular flexibility index (Phi) is 4.64. The van der Waals surface area contributed by atoms with E-state index in [1.54, 1.807) is 13.3 Å². The van der Waals surface area contributed by atoms with E-state index in [9.17, 15) is 0 Å². The quantitative estimate of drug-likeness (QED) is 0.853. The second-order valence-electron chi connectivity index (χ2n) is 4.92. The van der Waals surface area contributed by atoms with Crippen molar-refractivity contribution < 1.29 is 4.74 Å². The third kappa shape index (κ3) is 3.25. The van der Waals surface area contributed by atoms with Crippen molar-refractivity contribution in [1.29, 1.82) is 0 Å². The zero-order valence-corrected chi connectivity index (χ0v) is 11.7. The molecule has 1 saturated carbocycles. The van der Waals surface area contributed by atoms with Crippen LogP contribution in [-0.4, -0.2) is 23.1 Å². The van der Waals surface area contributed by atoms with Gasteiger partial charge < -0.3 is 10.1 Å². The molecule has 5 heteroatoms. The molecular formula is C13H20ClN3O. The summed E-state index contributed by atoms with van der Waals surface area (Å²) in [5.41, 5.74) is 0. The molecule has 1 aromatic rings. The molecule has 0 amide bonds. The predicted molar refractivity (Wildman–Crippen MR) is 73.3 cm³/mol. The summed E-state index contributed by atoms with van der Waals surface area (Å²) in [6, 6.07) is 0.785. The molecule has 0 aliphatic heterocycles. The molecule has 1 aliphatic rings. The van der Waals surface area contributed by atoms with Crippen LogP contribution in [-0.2, 0) is 0 Å². The number of aromatic nitrogens is 2. The van der Waals surface area contributed by atoms with E-state index < -0.39 is 0 Å². The van der Waals surface area contributed by atoms with Gasteiger partial charge in [-0.1, -0.05) is 37.8 Å². The Labute approximate surface area is 113 Å². The number of hydrogen-bond acceptors (Lipinski definition) is 4. The topological polar surface area (TPSA) is 47.0 Å². The van der Waals surface area contributed by atoms with Crippen molar-refractivity contribution >= 4 is 17.4 Å². The summed E-state index contributed by atoms with van der Waals surface area (Å²) in [5.74, 6) is 1.33. The molecule has 100 valence electrons. The molecule has 1 aromatic heterocycles. The molecule has 0 aromatic carbocycles. The van der Waals surface area contributed by atoms with Gasteiger partial charge in [0.25, 0.3) is 0 Å². The Morgan fingerprint density at radius 3 is 2.89 bits per heavy atom. The molecule has 0 bridgehead atoms. The summed E-state index contributed by atoms with van der Waals surface area (Å²) < 4.78 is 5.03. The maximum absolute atomic E-state index is 6.12. The van der Waals surface area contributed by atoms with Crippen molar-refractivity contribution in [3.8, 4) is 6.01 Å². The van der Waals surface area contributed by atoms with Gasteiger partial charge in [0.15, 0.2) is 5.82 Å². The fourth-order valence-electron chi connectivity index (χ4n) is 2.43. The van der Waals surface area contributed by atoms with Gasteiger partial charge in [0.1, 0.15) is 5.02 Å². The van der Waals surface area contributed by atoms with E-state index in [1.165, 1.54) is 32.1 Å². The summed E-state index contributed by atoms with van der Waals surface area (Å²) in [7, 11) is 1.56. The Bertz CT molecular complexity index is 400. The molecule has 2 rings (SSSR count). The molecule has 2 unspecified atom stereocenters.